The molecule has 7 nitrogen and oxygen atoms in total. The fourth-order valence-electron chi connectivity index (χ4n) is 3.40. The molecule has 4 rings (SSSR count). The summed E-state index contributed by atoms with van der Waals surface area (Å²) in [6.45, 7) is 1.28. The van der Waals surface area contributed by atoms with Crippen molar-refractivity contribution in [1.29, 1.82) is 5.41 Å². The van der Waals surface area contributed by atoms with E-state index in [0.29, 0.717) is 11.1 Å². The molecule has 0 amide bonds. The van der Waals surface area contributed by atoms with Crippen LogP contribution in [0.1, 0.15) is 16.8 Å². The lowest BCUT2D eigenvalue weighted by Gasteiger charge is -2.14. The molecule has 0 aliphatic heterocycles. The van der Waals surface area contributed by atoms with Crippen molar-refractivity contribution in [3.8, 4) is 11.5 Å². The Morgan fingerprint density at radius 1 is 1.21 bits per heavy atom. The number of aliphatic hydroxyl groups is 1. The molecule has 0 saturated heterocycles. The van der Waals surface area contributed by atoms with Gasteiger partial charge in [-0.05, 0) is 37.4 Å². The summed E-state index contributed by atoms with van der Waals surface area (Å²) < 4.78 is 48.2. The maximum Gasteiger partial charge on any atom is 0.268 e. The summed E-state index contributed by atoms with van der Waals surface area (Å²) in [6, 6.07) is 11.9. The number of pyridine rings is 1. The second-order valence-electron chi connectivity index (χ2n) is 7.20. The normalized spacial score (nSPS) is 11.6. The number of aliphatic hydroxyl groups excluding tert-OH is 1. The summed E-state index contributed by atoms with van der Waals surface area (Å²) in [4.78, 5) is 4.16. The smallest absolute Gasteiger partial charge is 0.268 e. The van der Waals surface area contributed by atoms with Crippen LogP contribution in [0, 0.1) is 18.2 Å². The highest BCUT2D eigenvalue weighted by atomic mass is 32.2. The van der Waals surface area contributed by atoms with E-state index in [1.165, 1.54) is 54.5 Å². The van der Waals surface area contributed by atoms with E-state index < -0.39 is 22.4 Å². The molecule has 2 aromatic carbocycles. The summed E-state index contributed by atoms with van der Waals surface area (Å²) in [5.41, 5.74) is 1.47. The largest absolute Gasteiger partial charge is 0.454 e. The average molecular weight is 486 g/mol. The zero-order valence-corrected chi connectivity index (χ0v) is 19.4. The van der Waals surface area contributed by atoms with Crippen molar-refractivity contribution in [3.63, 3.8) is 0 Å². The van der Waals surface area contributed by atoms with Crippen LogP contribution in [-0.4, -0.2) is 33.8 Å². The Hall–Kier alpha value is -3.21. The predicted molar refractivity (Wildman–Crippen MR) is 126 cm³/mol. The average Bonchev–Trinajstić information content (AvgIpc) is 3.23. The number of benzene rings is 2. The van der Waals surface area contributed by atoms with E-state index in [0.717, 1.165) is 15.6 Å². The van der Waals surface area contributed by atoms with Crippen LogP contribution in [0.5, 0.6) is 11.5 Å². The number of hydrogen-bond acceptors (Lipinski definition) is 7. The highest BCUT2D eigenvalue weighted by molar-refractivity contribution is 8.13. The van der Waals surface area contributed by atoms with Crippen molar-refractivity contribution < 1.29 is 22.7 Å². The number of nitrogens with one attached hydrogen (secondary N) is 1. The molecule has 2 heterocycles. The number of halogens is 1. The summed E-state index contributed by atoms with van der Waals surface area (Å²) in [6.07, 6.45) is 4.51. The Kier molecular flexibility index (Phi) is 6.24. The van der Waals surface area contributed by atoms with Crippen LogP contribution in [-0.2, 0) is 16.6 Å². The molecule has 0 spiro atoms. The summed E-state index contributed by atoms with van der Waals surface area (Å²) in [5, 5.41) is 18.5. The molecule has 0 unspecified atom stereocenters. The van der Waals surface area contributed by atoms with Crippen molar-refractivity contribution >= 4 is 37.7 Å². The van der Waals surface area contributed by atoms with Crippen molar-refractivity contribution in [2.75, 3.05) is 6.26 Å². The first-order valence-corrected chi connectivity index (χ1v) is 12.4. The lowest BCUT2D eigenvalue weighted by Crippen LogP contribution is -2.12. The maximum absolute atomic E-state index is 15.2. The lowest BCUT2D eigenvalue weighted by atomic mass is 10.1. The number of aryl methyl sites for hydroxylation is 1. The standard InChI is InChI=1S/C23H20FN3O4S2/c1-14-3-5-16(6-4-14)33(29,30)27-10-8-17-18(13-28)22(19(24)12-21(17)27)31-15-7-9-26-20(11-15)23(25)32-2/h3-12,25,28H,13H2,1-2H3. The Balaban J connectivity index is 1.81. The predicted octanol–water partition coefficient (Wildman–Crippen LogP) is 4.69. The van der Waals surface area contributed by atoms with E-state index in [-0.39, 0.29) is 32.5 Å². The number of nitrogens with zero attached hydrogens (tertiary/aromatic N) is 2. The Morgan fingerprint density at radius 2 is 1.94 bits per heavy atom. The molecular formula is C23H20FN3O4S2. The summed E-state index contributed by atoms with van der Waals surface area (Å²) >= 11 is 1.20. The SMILES string of the molecule is CSC(=N)c1cc(Oc2c(F)cc3c(ccn3S(=O)(=O)c3ccc(C)cc3)c2CO)ccn1. The van der Waals surface area contributed by atoms with Crippen molar-refractivity contribution in [1.82, 2.24) is 8.96 Å². The van der Waals surface area contributed by atoms with Gasteiger partial charge in [-0.2, -0.15) is 0 Å². The number of aromatic nitrogens is 2. The molecule has 170 valence electrons. The van der Waals surface area contributed by atoms with E-state index in [1.807, 2.05) is 6.92 Å². The maximum atomic E-state index is 15.2. The minimum absolute atomic E-state index is 0.0671. The van der Waals surface area contributed by atoms with Gasteiger partial charge < -0.3 is 9.84 Å². The molecule has 2 aromatic heterocycles. The summed E-state index contributed by atoms with van der Waals surface area (Å²) in [5.74, 6) is -0.814. The molecule has 2 N–H and O–H groups in total. The van der Waals surface area contributed by atoms with Crippen LogP contribution < -0.4 is 4.74 Å². The van der Waals surface area contributed by atoms with Gasteiger partial charge in [0.1, 0.15) is 10.8 Å². The minimum atomic E-state index is -3.98. The number of hydrogen-bond donors (Lipinski definition) is 2. The van der Waals surface area contributed by atoms with Gasteiger partial charge in [-0.3, -0.25) is 10.4 Å². The third-order valence-corrected chi connectivity index (χ3v) is 7.42. The van der Waals surface area contributed by atoms with Crippen molar-refractivity contribution in [2.45, 2.75) is 18.4 Å². The first kappa shape index (κ1) is 23.0. The molecule has 0 aliphatic rings. The van der Waals surface area contributed by atoms with Gasteiger partial charge in [0, 0.05) is 35.5 Å². The van der Waals surface area contributed by atoms with Crippen molar-refractivity contribution in [2.24, 2.45) is 0 Å². The van der Waals surface area contributed by atoms with Gasteiger partial charge in [0.2, 0.25) is 0 Å². The molecule has 0 bridgehead atoms. The van der Waals surface area contributed by atoms with Gasteiger partial charge in [0.05, 0.1) is 22.7 Å². The van der Waals surface area contributed by atoms with Gasteiger partial charge in [-0.25, -0.2) is 16.8 Å². The third-order valence-electron chi connectivity index (χ3n) is 5.09. The molecule has 0 aliphatic carbocycles. The first-order valence-electron chi connectivity index (χ1n) is 9.78. The zero-order chi connectivity index (χ0) is 23.8. The molecular weight excluding hydrogens is 465 g/mol. The topological polar surface area (TPSA) is 105 Å². The van der Waals surface area contributed by atoms with E-state index in [4.69, 9.17) is 10.1 Å². The van der Waals surface area contributed by atoms with E-state index in [1.54, 1.807) is 18.4 Å². The number of fused-ring (bicyclic) bond motifs is 1. The van der Waals surface area contributed by atoms with Crippen LogP contribution >= 0.6 is 11.8 Å². The zero-order valence-electron chi connectivity index (χ0n) is 17.7. The fraction of sp³-hybridized carbons (Fsp3) is 0.130. The molecule has 0 fully saturated rings. The summed E-state index contributed by atoms with van der Waals surface area (Å²) in [7, 11) is -3.98. The fourth-order valence-corrected chi connectivity index (χ4v) is 5.06. The van der Waals surface area contributed by atoms with Gasteiger partial charge >= 0.3 is 0 Å². The van der Waals surface area contributed by atoms with Crippen LogP contribution in [0.3, 0.4) is 0 Å². The number of ether oxygens (including phenoxy) is 1. The minimum Gasteiger partial charge on any atom is -0.454 e. The van der Waals surface area contributed by atoms with Crippen LogP contribution in [0.2, 0.25) is 0 Å². The molecule has 0 radical (unpaired) electrons. The highest BCUT2D eigenvalue weighted by Crippen LogP contribution is 2.36. The first-order chi connectivity index (χ1) is 15.8. The van der Waals surface area contributed by atoms with Gasteiger partial charge in [-0.1, -0.05) is 17.7 Å². The molecule has 10 heteroatoms. The highest BCUT2D eigenvalue weighted by Gasteiger charge is 2.23. The quantitative estimate of drug-likeness (QED) is 0.303. The van der Waals surface area contributed by atoms with Crippen LogP contribution in [0.25, 0.3) is 10.9 Å². The monoisotopic (exact) mass is 485 g/mol. The van der Waals surface area contributed by atoms with Crippen LogP contribution in [0.4, 0.5) is 4.39 Å². The van der Waals surface area contributed by atoms with E-state index >= 15 is 4.39 Å². The lowest BCUT2D eigenvalue weighted by molar-refractivity contribution is 0.276. The van der Waals surface area contributed by atoms with Crippen LogP contribution in [0.15, 0.2) is 65.8 Å². The second kappa shape index (κ2) is 8.97. The Bertz CT molecular complexity index is 1470. The van der Waals surface area contributed by atoms with Gasteiger partial charge in [0.25, 0.3) is 10.0 Å². The van der Waals surface area contributed by atoms with Gasteiger partial charge in [0.15, 0.2) is 11.6 Å². The van der Waals surface area contributed by atoms with E-state index in [9.17, 15) is 13.5 Å². The number of rotatable bonds is 6. The number of thioether (sulfide) groups is 1. The Morgan fingerprint density at radius 3 is 2.61 bits per heavy atom. The molecule has 4 aromatic rings. The second-order valence-corrected chi connectivity index (χ2v) is 9.83. The third kappa shape index (κ3) is 4.24. The molecule has 0 atom stereocenters. The molecule has 0 saturated carbocycles. The molecule has 33 heavy (non-hydrogen) atoms. The van der Waals surface area contributed by atoms with Gasteiger partial charge in [-0.15, -0.1) is 11.8 Å². The van der Waals surface area contributed by atoms with E-state index in [2.05, 4.69) is 4.98 Å². The Labute approximate surface area is 194 Å². The van der Waals surface area contributed by atoms with Crippen molar-refractivity contribution in [3.05, 3.63) is 83.6 Å².